The molecular weight excluding hydrogens is 410 g/mol. The van der Waals surface area contributed by atoms with E-state index in [9.17, 15) is 19.8 Å². The average molecular weight is 427 g/mol. The molecule has 0 rings (SSSR count). The Morgan fingerprint density at radius 2 is 1.21 bits per heavy atom. The number of rotatable bonds is 10. The molecule has 0 amide bonds. The second-order valence-electron chi connectivity index (χ2n) is 3.64. The van der Waals surface area contributed by atoms with Gasteiger partial charge in [0, 0.05) is 9.82 Å². The molecule has 0 saturated heterocycles. The van der Waals surface area contributed by atoms with Gasteiger partial charge in [0.25, 0.3) is 0 Å². The van der Waals surface area contributed by atoms with Crippen LogP contribution in [0.1, 0.15) is 12.8 Å². The summed E-state index contributed by atoms with van der Waals surface area (Å²) in [6, 6.07) is -2.04. The molecule has 0 N–H and O–H groups in total. The summed E-state index contributed by atoms with van der Waals surface area (Å²) in [7, 11) is 0. The number of hydrogen-bond donors (Lipinski definition) is 0. The number of nitrogens with zero attached hydrogens (tertiary/aromatic N) is 6. The summed E-state index contributed by atoms with van der Waals surface area (Å²) in [5, 5.41) is 26.6. The van der Waals surface area contributed by atoms with Crippen LogP contribution < -0.4 is 113 Å². The van der Waals surface area contributed by atoms with Crippen molar-refractivity contribution in [1.29, 1.82) is 0 Å². The zero-order valence-electron chi connectivity index (χ0n) is 14.1. The predicted molar refractivity (Wildman–Crippen MR) is 81.9 cm³/mol. The third-order valence-electron chi connectivity index (χ3n) is 2.12. The van der Waals surface area contributed by atoms with E-state index in [0.29, 0.717) is 24.3 Å². The van der Waals surface area contributed by atoms with Crippen LogP contribution in [0.4, 0.5) is 0 Å². The zero-order valence-corrected chi connectivity index (χ0v) is 22.0. The number of carbonyl (C=O) groups is 2. The Kier molecular flexibility index (Phi) is 33.9. The first-order valence-corrected chi connectivity index (χ1v) is 8.71. The van der Waals surface area contributed by atoms with Crippen molar-refractivity contribution < 1.29 is 123 Å². The summed E-state index contributed by atoms with van der Waals surface area (Å²) in [6.07, 6.45) is 4.35. The summed E-state index contributed by atoms with van der Waals surface area (Å²) >= 11 is 3.00. The van der Waals surface area contributed by atoms with Crippen LogP contribution in [0.3, 0.4) is 0 Å². The first kappa shape index (κ1) is 33.1. The fourth-order valence-corrected chi connectivity index (χ4v) is 1.95. The Morgan fingerprint density at radius 3 is 1.38 bits per heavy atom. The van der Waals surface area contributed by atoms with Crippen molar-refractivity contribution in [3.05, 3.63) is 20.9 Å². The fraction of sp³-hybridized carbons (Fsp3) is 0.800. The fourth-order valence-electron chi connectivity index (χ4n) is 1.03. The van der Waals surface area contributed by atoms with Crippen molar-refractivity contribution in [3.8, 4) is 0 Å². The SMILES string of the molecule is CSCCC(N=[N+]=[N-])C(=O)[O-].CSCCC(N=[N+]=[N-])C(=O)[O-].[K+].[K+]. The average Bonchev–Trinajstić information content (AvgIpc) is 2.48. The van der Waals surface area contributed by atoms with Gasteiger partial charge in [0.2, 0.25) is 0 Å². The molecule has 2 unspecified atom stereocenters. The molecule has 0 fully saturated rings. The molecule has 0 radical (unpaired) electrons. The molecule has 0 spiro atoms. The van der Waals surface area contributed by atoms with E-state index in [0.717, 1.165) is 0 Å². The quantitative estimate of drug-likeness (QED) is 0.145. The minimum Gasteiger partial charge on any atom is -0.550 e. The maximum Gasteiger partial charge on any atom is 1.00 e. The Balaban J connectivity index is -0.000000154. The van der Waals surface area contributed by atoms with E-state index in [1.165, 1.54) is 23.5 Å². The van der Waals surface area contributed by atoms with Gasteiger partial charge in [-0.2, -0.15) is 23.5 Å². The first-order chi connectivity index (χ1) is 10.4. The molecule has 0 aromatic heterocycles. The van der Waals surface area contributed by atoms with Crippen LogP contribution in [0, 0.1) is 0 Å². The largest absolute Gasteiger partial charge is 1.00 e. The van der Waals surface area contributed by atoms with E-state index in [-0.39, 0.29) is 103 Å². The molecule has 14 heteroatoms. The van der Waals surface area contributed by atoms with E-state index in [1.54, 1.807) is 0 Å². The molecule has 0 bridgehead atoms. The van der Waals surface area contributed by atoms with Gasteiger partial charge in [0.15, 0.2) is 0 Å². The number of carboxylic acid groups (broad SMARTS) is 2. The van der Waals surface area contributed by atoms with E-state index < -0.39 is 24.0 Å². The van der Waals surface area contributed by atoms with Crippen LogP contribution in [0.2, 0.25) is 0 Å². The van der Waals surface area contributed by atoms with Crippen molar-refractivity contribution in [2.24, 2.45) is 10.2 Å². The number of aliphatic carboxylic acids is 2. The summed E-state index contributed by atoms with van der Waals surface area (Å²) in [5.74, 6) is -1.32. The van der Waals surface area contributed by atoms with Gasteiger partial charge in [0.1, 0.15) is 0 Å². The van der Waals surface area contributed by atoms with Crippen LogP contribution in [-0.4, -0.2) is 48.0 Å². The molecule has 0 aromatic rings. The van der Waals surface area contributed by atoms with Crippen LogP contribution in [0.5, 0.6) is 0 Å². The summed E-state index contributed by atoms with van der Waals surface area (Å²) < 4.78 is 0. The van der Waals surface area contributed by atoms with Gasteiger partial charge >= 0.3 is 103 Å². The van der Waals surface area contributed by atoms with Crippen molar-refractivity contribution in [2.75, 3.05) is 24.0 Å². The maximum atomic E-state index is 10.2. The topological polar surface area (TPSA) is 178 Å². The first-order valence-electron chi connectivity index (χ1n) is 5.92. The van der Waals surface area contributed by atoms with Crippen molar-refractivity contribution in [2.45, 2.75) is 24.9 Å². The minimum absolute atomic E-state index is 0. The minimum atomic E-state index is -1.31. The van der Waals surface area contributed by atoms with E-state index >= 15 is 0 Å². The number of carbonyl (C=O) groups excluding carboxylic acids is 2. The summed E-state index contributed by atoms with van der Waals surface area (Å²) in [4.78, 5) is 25.2. The monoisotopic (exact) mass is 426 g/mol. The third-order valence-corrected chi connectivity index (χ3v) is 3.40. The number of thioether (sulfide) groups is 2. The Hall–Kier alpha value is 1.53. The molecule has 24 heavy (non-hydrogen) atoms. The molecule has 0 aliphatic heterocycles. The normalized spacial score (nSPS) is 10.8. The smallest absolute Gasteiger partial charge is 0.550 e. The van der Waals surface area contributed by atoms with Gasteiger partial charge < -0.3 is 19.8 Å². The Morgan fingerprint density at radius 1 is 0.917 bits per heavy atom. The molecule has 124 valence electrons. The van der Waals surface area contributed by atoms with Crippen molar-refractivity contribution in [3.63, 3.8) is 0 Å². The van der Waals surface area contributed by atoms with Gasteiger partial charge in [0.05, 0.1) is 24.0 Å². The molecular formula is C10H16K2N6O4S2. The van der Waals surface area contributed by atoms with Gasteiger partial charge in [-0.3, -0.25) is 0 Å². The Bertz CT molecular complexity index is 403. The number of hydrogen-bond acceptors (Lipinski definition) is 8. The second-order valence-corrected chi connectivity index (χ2v) is 5.61. The Labute approximate surface area is 233 Å². The van der Waals surface area contributed by atoms with Gasteiger partial charge in [-0.15, -0.1) is 0 Å². The van der Waals surface area contributed by atoms with E-state index in [1.807, 2.05) is 12.5 Å². The summed E-state index contributed by atoms with van der Waals surface area (Å²) in [6.45, 7) is 0. The van der Waals surface area contributed by atoms with Gasteiger partial charge in [-0.1, -0.05) is 10.2 Å². The number of azide groups is 2. The number of carboxylic acids is 2. The van der Waals surface area contributed by atoms with Crippen LogP contribution in [0.15, 0.2) is 10.2 Å². The van der Waals surface area contributed by atoms with Gasteiger partial charge in [-0.25, -0.2) is 0 Å². The summed E-state index contributed by atoms with van der Waals surface area (Å²) in [5.41, 5.74) is 15.9. The molecule has 0 aromatic carbocycles. The second kappa shape index (κ2) is 24.5. The molecule has 0 heterocycles. The molecule has 10 nitrogen and oxygen atoms in total. The van der Waals surface area contributed by atoms with E-state index in [2.05, 4.69) is 20.1 Å². The van der Waals surface area contributed by atoms with Crippen molar-refractivity contribution >= 4 is 35.5 Å². The molecule has 0 saturated carbocycles. The van der Waals surface area contributed by atoms with Crippen molar-refractivity contribution in [1.82, 2.24) is 0 Å². The maximum absolute atomic E-state index is 10.2. The van der Waals surface area contributed by atoms with Gasteiger partial charge in [-0.05, 0) is 47.9 Å². The molecule has 0 aliphatic carbocycles. The van der Waals surface area contributed by atoms with E-state index in [4.69, 9.17) is 11.1 Å². The molecule has 0 aliphatic rings. The standard InChI is InChI=1S/2C5H9N3O2S.2K/c2*1-11-3-2-4(5(9)10)7-8-6;;/h2*4H,2-3H2,1H3,(H,9,10);;/q;;2*+1/p-2. The zero-order chi connectivity index (χ0) is 17.4. The predicted octanol–water partition coefficient (Wildman–Crippen LogP) is -5.66. The van der Waals surface area contributed by atoms with Crippen LogP contribution in [0.25, 0.3) is 20.9 Å². The van der Waals surface area contributed by atoms with Crippen LogP contribution >= 0.6 is 23.5 Å². The van der Waals surface area contributed by atoms with Crippen LogP contribution in [-0.2, 0) is 9.59 Å². The molecule has 2 atom stereocenters. The third kappa shape index (κ3) is 21.6.